The molecule has 1 heteroatoms. The number of aliphatic hydroxyl groups is 1. The van der Waals surface area contributed by atoms with Gasteiger partial charge in [-0.3, -0.25) is 0 Å². The standard InChI is InChI=1S/C15H26O/c1-11-3-5-13(6-4-11)12(2)14-7-9-15(16)10-8-14/h11,13-16H,2-10H2,1H3. The van der Waals surface area contributed by atoms with E-state index in [1.54, 1.807) is 0 Å². The van der Waals surface area contributed by atoms with E-state index in [0.717, 1.165) is 24.7 Å². The molecule has 0 bridgehead atoms. The third-order valence-corrected chi connectivity index (χ3v) is 4.76. The van der Waals surface area contributed by atoms with Crippen LogP contribution in [-0.2, 0) is 0 Å². The first-order chi connectivity index (χ1) is 7.66. The molecule has 92 valence electrons. The van der Waals surface area contributed by atoms with E-state index in [2.05, 4.69) is 13.5 Å². The molecule has 1 N–H and O–H groups in total. The molecule has 16 heavy (non-hydrogen) atoms. The van der Waals surface area contributed by atoms with Crippen molar-refractivity contribution in [3.05, 3.63) is 12.2 Å². The van der Waals surface area contributed by atoms with E-state index in [0.29, 0.717) is 5.92 Å². The summed E-state index contributed by atoms with van der Waals surface area (Å²) in [7, 11) is 0. The fraction of sp³-hybridized carbons (Fsp3) is 0.867. The third kappa shape index (κ3) is 2.88. The van der Waals surface area contributed by atoms with Crippen molar-refractivity contribution in [1.82, 2.24) is 0 Å². The highest BCUT2D eigenvalue weighted by Crippen LogP contribution is 2.39. The fourth-order valence-electron chi connectivity index (χ4n) is 3.41. The van der Waals surface area contributed by atoms with Crippen molar-refractivity contribution in [3.63, 3.8) is 0 Å². The molecule has 0 spiro atoms. The average molecular weight is 222 g/mol. The molecule has 2 fully saturated rings. The van der Waals surface area contributed by atoms with Crippen molar-refractivity contribution in [3.8, 4) is 0 Å². The van der Waals surface area contributed by atoms with Crippen LogP contribution in [0.5, 0.6) is 0 Å². The van der Waals surface area contributed by atoms with Crippen LogP contribution in [0, 0.1) is 17.8 Å². The number of rotatable bonds is 2. The Morgan fingerprint density at radius 2 is 1.31 bits per heavy atom. The lowest BCUT2D eigenvalue weighted by atomic mass is 9.72. The molecular formula is C15H26O. The van der Waals surface area contributed by atoms with Crippen LogP contribution in [-0.4, -0.2) is 11.2 Å². The highest BCUT2D eigenvalue weighted by atomic mass is 16.3. The highest BCUT2D eigenvalue weighted by Gasteiger charge is 2.27. The predicted octanol–water partition coefficient (Wildman–Crippen LogP) is 3.92. The van der Waals surface area contributed by atoms with Crippen molar-refractivity contribution in [2.75, 3.05) is 0 Å². The molecule has 0 atom stereocenters. The zero-order chi connectivity index (χ0) is 11.5. The largest absolute Gasteiger partial charge is 0.393 e. The van der Waals surface area contributed by atoms with E-state index in [1.165, 1.54) is 44.1 Å². The Balaban J connectivity index is 1.83. The average Bonchev–Trinajstić information content (AvgIpc) is 2.30. The Bertz CT molecular complexity index is 206. The number of hydrogen-bond donors (Lipinski definition) is 1. The Kier molecular flexibility index (Phi) is 4.07. The van der Waals surface area contributed by atoms with Gasteiger partial charge in [-0.15, -0.1) is 0 Å². The Morgan fingerprint density at radius 3 is 1.81 bits per heavy atom. The Labute approximate surface area is 99.9 Å². The summed E-state index contributed by atoms with van der Waals surface area (Å²) < 4.78 is 0. The first kappa shape index (κ1) is 12.2. The van der Waals surface area contributed by atoms with Gasteiger partial charge in [0.1, 0.15) is 0 Å². The van der Waals surface area contributed by atoms with E-state index in [1.807, 2.05) is 0 Å². The zero-order valence-corrected chi connectivity index (χ0v) is 10.6. The van der Waals surface area contributed by atoms with Gasteiger partial charge in [0.05, 0.1) is 6.10 Å². The van der Waals surface area contributed by atoms with E-state index in [9.17, 15) is 5.11 Å². The fourth-order valence-corrected chi connectivity index (χ4v) is 3.41. The normalized spacial score (nSPS) is 40.6. The lowest BCUT2D eigenvalue weighted by Crippen LogP contribution is -2.24. The second-order valence-corrected chi connectivity index (χ2v) is 6.04. The summed E-state index contributed by atoms with van der Waals surface area (Å²) in [6.45, 7) is 6.74. The molecular weight excluding hydrogens is 196 g/mol. The SMILES string of the molecule is C=C(C1CCC(C)CC1)C1CCC(O)CC1. The van der Waals surface area contributed by atoms with Gasteiger partial charge in [-0.05, 0) is 56.3 Å². The third-order valence-electron chi connectivity index (χ3n) is 4.76. The van der Waals surface area contributed by atoms with Crippen LogP contribution in [0.3, 0.4) is 0 Å². The second-order valence-electron chi connectivity index (χ2n) is 6.04. The first-order valence-electron chi connectivity index (χ1n) is 7.03. The van der Waals surface area contributed by atoms with Crippen molar-refractivity contribution in [1.29, 1.82) is 0 Å². The summed E-state index contributed by atoms with van der Waals surface area (Å²) in [5.41, 5.74) is 1.51. The van der Waals surface area contributed by atoms with Crippen molar-refractivity contribution < 1.29 is 5.11 Å². The summed E-state index contributed by atoms with van der Waals surface area (Å²) in [5, 5.41) is 9.52. The quantitative estimate of drug-likeness (QED) is 0.702. The van der Waals surface area contributed by atoms with Crippen molar-refractivity contribution in [2.45, 2.75) is 64.4 Å². The monoisotopic (exact) mass is 222 g/mol. The van der Waals surface area contributed by atoms with Crippen LogP contribution in [0.15, 0.2) is 12.2 Å². The van der Waals surface area contributed by atoms with Gasteiger partial charge in [-0.1, -0.05) is 31.9 Å². The molecule has 2 rings (SSSR count). The van der Waals surface area contributed by atoms with Crippen LogP contribution < -0.4 is 0 Å². The topological polar surface area (TPSA) is 20.2 Å². The summed E-state index contributed by atoms with van der Waals surface area (Å²) in [6.07, 6.45) is 9.80. The summed E-state index contributed by atoms with van der Waals surface area (Å²) in [4.78, 5) is 0. The van der Waals surface area contributed by atoms with Gasteiger partial charge in [0.15, 0.2) is 0 Å². The Hall–Kier alpha value is -0.300. The van der Waals surface area contributed by atoms with Crippen LogP contribution in [0.4, 0.5) is 0 Å². The lowest BCUT2D eigenvalue weighted by molar-refractivity contribution is 0.112. The molecule has 0 aromatic rings. The molecule has 2 saturated carbocycles. The van der Waals surface area contributed by atoms with Gasteiger partial charge >= 0.3 is 0 Å². The van der Waals surface area contributed by atoms with Gasteiger partial charge in [0, 0.05) is 0 Å². The summed E-state index contributed by atoms with van der Waals surface area (Å²) in [5.74, 6) is 2.43. The van der Waals surface area contributed by atoms with Gasteiger partial charge in [-0.2, -0.15) is 0 Å². The molecule has 2 aliphatic rings. The molecule has 0 heterocycles. The Morgan fingerprint density at radius 1 is 0.875 bits per heavy atom. The van der Waals surface area contributed by atoms with Crippen LogP contribution >= 0.6 is 0 Å². The first-order valence-corrected chi connectivity index (χ1v) is 7.03. The van der Waals surface area contributed by atoms with Crippen LogP contribution in [0.25, 0.3) is 0 Å². The van der Waals surface area contributed by atoms with Gasteiger partial charge < -0.3 is 5.11 Å². The van der Waals surface area contributed by atoms with Gasteiger partial charge in [0.25, 0.3) is 0 Å². The zero-order valence-electron chi connectivity index (χ0n) is 10.6. The van der Waals surface area contributed by atoms with Crippen molar-refractivity contribution in [2.24, 2.45) is 17.8 Å². The van der Waals surface area contributed by atoms with Gasteiger partial charge in [0.2, 0.25) is 0 Å². The molecule has 0 amide bonds. The number of aliphatic hydroxyl groups excluding tert-OH is 1. The molecule has 1 nitrogen and oxygen atoms in total. The van der Waals surface area contributed by atoms with E-state index in [4.69, 9.17) is 0 Å². The van der Waals surface area contributed by atoms with Crippen LogP contribution in [0.2, 0.25) is 0 Å². The van der Waals surface area contributed by atoms with Crippen molar-refractivity contribution >= 4 is 0 Å². The molecule has 2 aliphatic carbocycles. The van der Waals surface area contributed by atoms with E-state index in [-0.39, 0.29) is 6.10 Å². The molecule has 0 aliphatic heterocycles. The minimum atomic E-state index is -0.0320. The summed E-state index contributed by atoms with van der Waals surface area (Å²) >= 11 is 0. The molecule has 0 aromatic heterocycles. The van der Waals surface area contributed by atoms with Gasteiger partial charge in [-0.25, -0.2) is 0 Å². The molecule has 0 aromatic carbocycles. The van der Waals surface area contributed by atoms with E-state index < -0.39 is 0 Å². The maximum absolute atomic E-state index is 9.52. The number of hydrogen-bond acceptors (Lipinski definition) is 1. The maximum Gasteiger partial charge on any atom is 0.0540 e. The van der Waals surface area contributed by atoms with Crippen LogP contribution in [0.1, 0.15) is 58.3 Å². The minimum absolute atomic E-state index is 0.0320. The number of allylic oxidation sites excluding steroid dienone is 1. The highest BCUT2D eigenvalue weighted by molar-refractivity contribution is 5.08. The predicted molar refractivity (Wildman–Crippen MR) is 68.2 cm³/mol. The lowest BCUT2D eigenvalue weighted by Gasteiger charge is -2.34. The maximum atomic E-state index is 9.52. The molecule has 0 radical (unpaired) electrons. The summed E-state index contributed by atoms with van der Waals surface area (Å²) in [6, 6.07) is 0. The minimum Gasteiger partial charge on any atom is -0.393 e. The molecule has 0 unspecified atom stereocenters. The smallest absolute Gasteiger partial charge is 0.0540 e. The van der Waals surface area contributed by atoms with E-state index >= 15 is 0 Å². The second kappa shape index (κ2) is 5.35. The molecule has 0 saturated heterocycles.